The maximum atomic E-state index is 13.4. The number of hydrogen-bond donors (Lipinski definition) is 3. The third-order valence-corrected chi connectivity index (χ3v) is 5.28. The Labute approximate surface area is 187 Å². The average molecular weight is 449 g/mol. The molecule has 0 fully saturated rings. The van der Waals surface area contributed by atoms with E-state index < -0.39 is 35.0 Å². The van der Waals surface area contributed by atoms with Crippen molar-refractivity contribution in [1.29, 1.82) is 0 Å². The highest BCUT2D eigenvalue weighted by Crippen LogP contribution is 2.28. The second-order valence-corrected chi connectivity index (χ2v) is 7.54. The van der Waals surface area contributed by atoms with Crippen molar-refractivity contribution in [3.63, 3.8) is 0 Å². The van der Waals surface area contributed by atoms with E-state index in [1.165, 1.54) is 60.7 Å². The van der Waals surface area contributed by atoms with E-state index >= 15 is 0 Å². The molecule has 0 bridgehead atoms. The summed E-state index contributed by atoms with van der Waals surface area (Å²) in [5.41, 5.74) is 0.983. The number of nitrogens with one attached hydrogen (secondary N) is 3. The molecule has 0 radical (unpaired) electrons. The fourth-order valence-electron chi connectivity index (χ4n) is 3.50. The van der Waals surface area contributed by atoms with E-state index in [0.29, 0.717) is 16.8 Å². The molecule has 2 aromatic carbocycles. The maximum Gasteiger partial charge on any atom is 0.332 e. The minimum absolute atomic E-state index is 0.225. The predicted molar refractivity (Wildman–Crippen MR) is 120 cm³/mol. The van der Waals surface area contributed by atoms with Gasteiger partial charge in [0.15, 0.2) is 0 Å². The quantitative estimate of drug-likeness (QED) is 0.566. The molecule has 1 aromatic heterocycles. The Hall–Kier alpha value is -4.47. The van der Waals surface area contributed by atoms with Crippen LogP contribution in [0.4, 0.5) is 14.9 Å². The van der Waals surface area contributed by atoms with Gasteiger partial charge in [-0.3, -0.25) is 9.59 Å². The topological polar surface area (TPSA) is 116 Å². The molecule has 0 aliphatic carbocycles. The lowest BCUT2D eigenvalue weighted by atomic mass is 9.97. The Morgan fingerprint density at radius 1 is 1.06 bits per heavy atom. The molecular formula is C23H20FN5O4. The van der Waals surface area contributed by atoms with Gasteiger partial charge in [0, 0.05) is 31.2 Å². The zero-order valence-electron chi connectivity index (χ0n) is 17.8. The fraction of sp³-hybridized carbons (Fsp3) is 0.130. The molecule has 4 rings (SSSR count). The monoisotopic (exact) mass is 449 g/mol. The molecule has 1 atom stereocenters. The van der Waals surface area contributed by atoms with Crippen LogP contribution in [0.15, 0.2) is 76.1 Å². The number of halogens is 1. The van der Waals surface area contributed by atoms with Crippen molar-refractivity contribution in [3.8, 4) is 5.69 Å². The number of hydrogen-bond acceptors (Lipinski definition) is 4. The molecule has 10 heteroatoms. The molecule has 0 saturated heterocycles. The summed E-state index contributed by atoms with van der Waals surface area (Å²) in [6.07, 6.45) is 2.67. The van der Waals surface area contributed by atoms with Crippen LogP contribution < -0.4 is 21.9 Å². The molecule has 2 heterocycles. The van der Waals surface area contributed by atoms with Gasteiger partial charge in [0.05, 0.1) is 17.3 Å². The molecule has 33 heavy (non-hydrogen) atoms. The van der Waals surface area contributed by atoms with Crippen molar-refractivity contribution in [1.82, 2.24) is 19.8 Å². The number of aromatic nitrogens is 2. The van der Waals surface area contributed by atoms with E-state index in [2.05, 4.69) is 15.6 Å². The van der Waals surface area contributed by atoms with Gasteiger partial charge in [-0.15, -0.1) is 0 Å². The van der Waals surface area contributed by atoms with Crippen LogP contribution in [0.3, 0.4) is 0 Å². The van der Waals surface area contributed by atoms with Gasteiger partial charge in [0.2, 0.25) is 0 Å². The van der Waals surface area contributed by atoms with Crippen LogP contribution in [0.1, 0.15) is 17.2 Å². The van der Waals surface area contributed by atoms with Crippen LogP contribution in [0.2, 0.25) is 0 Å². The average Bonchev–Trinajstić information content (AvgIpc) is 2.78. The van der Waals surface area contributed by atoms with Crippen molar-refractivity contribution in [2.45, 2.75) is 13.0 Å². The number of aryl methyl sites for hydroxylation is 1. The lowest BCUT2D eigenvalue weighted by molar-refractivity contribution is -0.113. The largest absolute Gasteiger partial charge is 0.332 e. The molecule has 0 saturated carbocycles. The summed E-state index contributed by atoms with van der Waals surface area (Å²) in [6, 6.07) is 10.3. The van der Waals surface area contributed by atoms with Gasteiger partial charge < -0.3 is 20.5 Å². The highest BCUT2D eigenvalue weighted by molar-refractivity contribution is 6.06. The Bertz CT molecular complexity index is 1360. The van der Waals surface area contributed by atoms with Crippen molar-refractivity contribution in [2.75, 3.05) is 12.4 Å². The molecule has 3 N–H and O–H groups in total. The van der Waals surface area contributed by atoms with Crippen molar-refractivity contribution < 1.29 is 14.0 Å². The summed E-state index contributed by atoms with van der Waals surface area (Å²) in [6.45, 7) is 1.76. The van der Waals surface area contributed by atoms with Gasteiger partial charge in [-0.05, 0) is 42.3 Å². The number of benzene rings is 2. The van der Waals surface area contributed by atoms with E-state index in [-0.39, 0.29) is 11.3 Å². The highest BCUT2D eigenvalue weighted by atomic mass is 19.1. The number of anilines is 1. The number of urea groups is 1. The number of carbonyl (C=O) groups excluding carboxylic acids is 2. The molecule has 3 amide bonds. The van der Waals surface area contributed by atoms with Crippen molar-refractivity contribution in [2.24, 2.45) is 0 Å². The molecule has 0 unspecified atom stereocenters. The van der Waals surface area contributed by atoms with Gasteiger partial charge >= 0.3 is 11.7 Å². The maximum absolute atomic E-state index is 13.4. The smallest absolute Gasteiger partial charge is 0.327 e. The van der Waals surface area contributed by atoms with Gasteiger partial charge in [-0.25, -0.2) is 18.5 Å². The lowest BCUT2D eigenvalue weighted by Crippen LogP contribution is -2.44. The van der Waals surface area contributed by atoms with Crippen molar-refractivity contribution in [3.05, 3.63) is 104 Å². The van der Waals surface area contributed by atoms with Gasteiger partial charge in [0.1, 0.15) is 5.82 Å². The van der Waals surface area contributed by atoms with Crippen LogP contribution in [0.25, 0.3) is 5.69 Å². The summed E-state index contributed by atoms with van der Waals surface area (Å²) in [5.74, 6) is -0.947. The molecule has 1 aliphatic heterocycles. The normalized spacial score (nSPS) is 15.6. The summed E-state index contributed by atoms with van der Waals surface area (Å²) in [4.78, 5) is 53.4. The SMILES string of the molecule is Cc1ccc(-n2c(=O)cc[nH]c2=O)cc1NC(=O)C1=CN(C)C(=O)N[C@H]1c1ccc(F)cc1. The minimum atomic E-state index is -0.794. The second kappa shape index (κ2) is 8.58. The fourth-order valence-corrected chi connectivity index (χ4v) is 3.50. The Morgan fingerprint density at radius 3 is 2.48 bits per heavy atom. The number of carbonyl (C=O) groups is 2. The first-order valence-electron chi connectivity index (χ1n) is 9.98. The molecule has 9 nitrogen and oxygen atoms in total. The zero-order valence-corrected chi connectivity index (χ0v) is 17.8. The van der Waals surface area contributed by atoms with E-state index in [1.807, 2.05) is 0 Å². The minimum Gasteiger partial charge on any atom is -0.327 e. The first kappa shape index (κ1) is 21.8. The summed E-state index contributed by atoms with van der Waals surface area (Å²) in [5, 5.41) is 5.52. The molecule has 3 aromatic rings. The zero-order chi connectivity index (χ0) is 23.7. The van der Waals surface area contributed by atoms with Crippen LogP contribution in [0, 0.1) is 12.7 Å². The van der Waals surface area contributed by atoms with Crippen molar-refractivity contribution >= 4 is 17.6 Å². The van der Waals surface area contributed by atoms with E-state index in [0.717, 1.165) is 4.57 Å². The van der Waals surface area contributed by atoms with Crippen LogP contribution in [-0.2, 0) is 4.79 Å². The van der Waals surface area contributed by atoms with Gasteiger partial charge in [-0.1, -0.05) is 18.2 Å². The Balaban J connectivity index is 1.70. The summed E-state index contributed by atoms with van der Waals surface area (Å²) in [7, 11) is 1.50. The number of H-pyrrole nitrogens is 1. The van der Waals surface area contributed by atoms with Gasteiger partial charge in [0.25, 0.3) is 11.5 Å². The standard InChI is InChI=1S/C23H20FN5O4/c1-13-3-8-16(29-19(30)9-10-25-22(29)32)11-18(13)26-21(31)17-12-28(2)23(33)27-20(17)14-4-6-15(24)7-5-14/h3-12,20H,1-2H3,(H,25,32)(H,26,31)(H,27,33)/t20-/m0/s1. The van der Waals surface area contributed by atoms with E-state index in [4.69, 9.17) is 0 Å². The third-order valence-electron chi connectivity index (χ3n) is 5.28. The molecule has 1 aliphatic rings. The van der Waals surface area contributed by atoms with Crippen LogP contribution >= 0.6 is 0 Å². The Morgan fingerprint density at radius 2 is 1.79 bits per heavy atom. The molecule has 0 spiro atoms. The first-order chi connectivity index (χ1) is 15.7. The highest BCUT2D eigenvalue weighted by Gasteiger charge is 2.30. The lowest BCUT2D eigenvalue weighted by Gasteiger charge is -2.30. The Kier molecular flexibility index (Phi) is 5.65. The molecular weight excluding hydrogens is 429 g/mol. The number of nitrogens with zero attached hydrogens (tertiary/aromatic N) is 2. The first-order valence-corrected chi connectivity index (χ1v) is 9.98. The third kappa shape index (κ3) is 4.31. The van der Waals surface area contributed by atoms with Crippen LogP contribution in [0.5, 0.6) is 0 Å². The summed E-state index contributed by atoms with van der Waals surface area (Å²) < 4.78 is 14.3. The van der Waals surface area contributed by atoms with Crippen LogP contribution in [-0.4, -0.2) is 33.4 Å². The number of aromatic amines is 1. The molecule has 168 valence electrons. The van der Waals surface area contributed by atoms with E-state index in [9.17, 15) is 23.6 Å². The predicted octanol–water partition coefficient (Wildman–Crippen LogP) is 2.19. The number of amides is 3. The number of rotatable bonds is 4. The van der Waals surface area contributed by atoms with Gasteiger partial charge in [-0.2, -0.15) is 0 Å². The summed E-state index contributed by atoms with van der Waals surface area (Å²) >= 11 is 0. The van der Waals surface area contributed by atoms with E-state index in [1.54, 1.807) is 19.1 Å². The second-order valence-electron chi connectivity index (χ2n) is 7.54.